The van der Waals surface area contributed by atoms with Crippen LogP contribution < -0.4 is 19.5 Å². The van der Waals surface area contributed by atoms with Crippen LogP contribution in [0.4, 0.5) is 11.4 Å². The number of nitrogens with one attached hydrogen (secondary N) is 2. The maximum atomic E-state index is 12.6. The summed E-state index contributed by atoms with van der Waals surface area (Å²) >= 11 is 0. The monoisotopic (exact) mass is 416 g/mol. The van der Waals surface area contributed by atoms with Crippen LogP contribution in [0.2, 0.25) is 0 Å². The molecule has 152 valence electrons. The number of imidazole rings is 1. The highest BCUT2D eigenvalue weighted by molar-refractivity contribution is 7.92. The summed E-state index contributed by atoms with van der Waals surface area (Å²) in [6.45, 7) is 0. The number of sulfonamides is 1. The van der Waals surface area contributed by atoms with E-state index in [1.54, 1.807) is 31.3 Å². The van der Waals surface area contributed by atoms with Crippen molar-refractivity contribution >= 4 is 27.3 Å². The lowest BCUT2D eigenvalue weighted by Crippen LogP contribution is -2.15. The van der Waals surface area contributed by atoms with Gasteiger partial charge in [0.05, 0.1) is 31.9 Å². The highest BCUT2D eigenvalue weighted by Crippen LogP contribution is 2.37. The number of benzene rings is 2. The molecule has 0 saturated carbocycles. The molecule has 1 aromatic heterocycles. The predicted molar refractivity (Wildman–Crippen MR) is 108 cm³/mol. The van der Waals surface area contributed by atoms with Gasteiger partial charge in [-0.05, 0) is 12.1 Å². The number of aryl methyl sites for hydroxylation is 1. The summed E-state index contributed by atoms with van der Waals surface area (Å²) in [5, 5.41) is 2.60. The standard InChI is InChI=1S/C19H20N4O5S/c1-23-11-18(20-12-23)29(25,26)22-15-10-16(27-2)14(9-17(15)28-3)21-19(24)13-7-5-4-6-8-13/h4-12,22H,1-3H3,(H,21,24). The molecular formula is C19H20N4O5S. The van der Waals surface area contributed by atoms with Gasteiger partial charge in [0.1, 0.15) is 11.5 Å². The number of amides is 1. The number of anilines is 2. The van der Waals surface area contributed by atoms with E-state index in [-0.39, 0.29) is 28.1 Å². The van der Waals surface area contributed by atoms with E-state index in [4.69, 9.17) is 9.47 Å². The Morgan fingerprint density at radius 3 is 2.24 bits per heavy atom. The van der Waals surface area contributed by atoms with Crippen LogP contribution in [0, 0.1) is 0 Å². The molecule has 0 radical (unpaired) electrons. The van der Waals surface area contributed by atoms with E-state index in [9.17, 15) is 13.2 Å². The molecule has 2 aromatic carbocycles. The number of nitrogens with zero attached hydrogens (tertiary/aromatic N) is 2. The van der Waals surface area contributed by atoms with Crippen LogP contribution in [0.5, 0.6) is 11.5 Å². The van der Waals surface area contributed by atoms with Gasteiger partial charge >= 0.3 is 0 Å². The Hall–Kier alpha value is -3.53. The Bertz CT molecular complexity index is 1130. The van der Waals surface area contributed by atoms with Crippen molar-refractivity contribution in [2.24, 2.45) is 7.05 Å². The zero-order valence-corrected chi connectivity index (χ0v) is 16.9. The van der Waals surface area contributed by atoms with E-state index in [2.05, 4.69) is 15.0 Å². The van der Waals surface area contributed by atoms with Crippen LogP contribution in [-0.2, 0) is 17.1 Å². The summed E-state index contributed by atoms with van der Waals surface area (Å²) in [7, 11) is 0.538. The van der Waals surface area contributed by atoms with Gasteiger partial charge in [0, 0.05) is 30.9 Å². The van der Waals surface area contributed by atoms with Gasteiger partial charge in [-0.25, -0.2) is 4.98 Å². The zero-order chi connectivity index (χ0) is 21.0. The molecule has 3 aromatic rings. The molecule has 29 heavy (non-hydrogen) atoms. The number of ether oxygens (including phenoxy) is 2. The Morgan fingerprint density at radius 1 is 1.03 bits per heavy atom. The smallest absolute Gasteiger partial charge is 0.281 e. The van der Waals surface area contributed by atoms with Crippen LogP contribution >= 0.6 is 0 Å². The molecule has 10 heteroatoms. The maximum absolute atomic E-state index is 12.6. The van der Waals surface area contributed by atoms with Gasteiger partial charge in [-0.2, -0.15) is 8.42 Å². The highest BCUT2D eigenvalue weighted by Gasteiger charge is 2.21. The molecule has 0 saturated heterocycles. The van der Waals surface area contributed by atoms with Crippen molar-refractivity contribution in [1.29, 1.82) is 0 Å². The Kier molecular flexibility index (Phi) is 5.74. The number of carbonyl (C=O) groups excluding carboxylic acids is 1. The van der Waals surface area contributed by atoms with Gasteiger partial charge in [-0.3, -0.25) is 9.52 Å². The summed E-state index contributed by atoms with van der Waals surface area (Å²) in [6, 6.07) is 11.6. The second kappa shape index (κ2) is 8.23. The molecule has 2 N–H and O–H groups in total. The van der Waals surface area contributed by atoms with Crippen molar-refractivity contribution in [3.63, 3.8) is 0 Å². The fraction of sp³-hybridized carbons (Fsp3) is 0.158. The molecule has 0 aliphatic carbocycles. The third-order valence-corrected chi connectivity index (χ3v) is 5.26. The lowest BCUT2D eigenvalue weighted by atomic mass is 10.2. The minimum atomic E-state index is -3.93. The Morgan fingerprint density at radius 2 is 1.66 bits per heavy atom. The van der Waals surface area contributed by atoms with E-state index < -0.39 is 10.0 Å². The number of hydrogen-bond acceptors (Lipinski definition) is 6. The minimum Gasteiger partial charge on any atom is -0.494 e. The molecule has 0 bridgehead atoms. The van der Waals surface area contributed by atoms with Gasteiger partial charge in [-0.15, -0.1) is 0 Å². The van der Waals surface area contributed by atoms with Crippen LogP contribution in [0.15, 0.2) is 60.0 Å². The van der Waals surface area contributed by atoms with Crippen LogP contribution in [0.3, 0.4) is 0 Å². The molecule has 0 aliphatic heterocycles. The van der Waals surface area contributed by atoms with Gasteiger partial charge < -0.3 is 19.4 Å². The van der Waals surface area contributed by atoms with E-state index in [1.807, 2.05) is 6.07 Å². The minimum absolute atomic E-state index is 0.137. The molecule has 0 fully saturated rings. The third-order valence-electron chi connectivity index (χ3n) is 4.01. The molecule has 1 amide bonds. The van der Waals surface area contributed by atoms with Gasteiger partial charge in [-0.1, -0.05) is 18.2 Å². The van der Waals surface area contributed by atoms with Crippen LogP contribution in [0.1, 0.15) is 10.4 Å². The van der Waals surface area contributed by atoms with Crippen molar-refractivity contribution in [1.82, 2.24) is 9.55 Å². The quantitative estimate of drug-likeness (QED) is 0.612. The first kappa shape index (κ1) is 20.2. The molecule has 0 atom stereocenters. The first-order valence-corrected chi connectivity index (χ1v) is 9.95. The first-order valence-electron chi connectivity index (χ1n) is 8.47. The normalized spacial score (nSPS) is 11.0. The third kappa shape index (κ3) is 4.49. The van der Waals surface area contributed by atoms with Crippen molar-refractivity contribution in [3.05, 3.63) is 60.6 Å². The molecule has 3 rings (SSSR count). The molecule has 0 aliphatic rings. The fourth-order valence-electron chi connectivity index (χ4n) is 2.58. The maximum Gasteiger partial charge on any atom is 0.281 e. The van der Waals surface area contributed by atoms with Crippen LogP contribution in [-0.4, -0.2) is 38.1 Å². The van der Waals surface area contributed by atoms with Gasteiger partial charge in [0.2, 0.25) is 0 Å². The lowest BCUT2D eigenvalue weighted by molar-refractivity contribution is 0.102. The molecule has 1 heterocycles. The summed E-state index contributed by atoms with van der Waals surface area (Å²) in [6.07, 6.45) is 2.76. The molecular weight excluding hydrogens is 396 g/mol. The Labute approximate surface area is 168 Å². The van der Waals surface area contributed by atoms with E-state index in [0.29, 0.717) is 11.3 Å². The van der Waals surface area contributed by atoms with Gasteiger partial charge in [0.25, 0.3) is 15.9 Å². The van der Waals surface area contributed by atoms with E-state index in [1.165, 1.54) is 43.4 Å². The molecule has 0 spiro atoms. The first-order chi connectivity index (χ1) is 13.8. The SMILES string of the molecule is COc1cc(NS(=O)(=O)c2cn(C)cn2)c(OC)cc1NC(=O)c1ccccc1. The van der Waals surface area contributed by atoms with E-state index in [0.717, 1.165) is 0 Å². The second-order valence-electron chi connectivity index (χ2n) is 6.06. The fourth-order valence-corrected chi connectivity index (χ4v) is 3.63. The second-order valence-corrected chi connectivity index (χ2v) is 7.69. The van der Waals surface area contributed by atoms with Crippen molar-refractivity contribution < 1.29 is 22.7 Å². The summed E-state index contributed by atoms with van der Waals surface area (Å²) in [4.78, 5) is 16.3. The summed E-state index contributed by atoms with van der Waals surface area (Å²) in [5.41, 5.74) is 0.945. The molecule has 0 unspecified atom stereocenters. The zero-order valence-electron chi connectivity index (χ0n) is 16.0. The topological polar surface area (TPSA) is 112 Å². The summed E-state index contributed by atoms with van der Waals surface area (Å²) < 4.78 is 39.7. The number of rotatable bonds is 7. The number of methoxy groups -OCH3 is 2. The molecule has 9 nitrogen and oxygen atoms in total. The predicted octanol–water partition coefficient (Wildman–Crippen LogP) is 2.49. The van der Waals surface area contributed by atoms with Crippen molar-refractivity contribution in [3.8, 4) is 11.5 Å². The number of carbonyl (C=O) groups is 1. The average molecular weight is 416 g/mol. The summed E-state index contributed by atoms with van der Waals surface area (Å²) in [5.74, 6) is 0.121. The lowest BCUT2D eigenvalue weighted by Gasteiger charge is -2.16. The highest BCUT2D eigenvalue weighted by atomic mass is 32.2. The van der Waals surface area contributed by atoms with Crippen molar-refractivity contribution in [2.75, 3.05) is 24.3 Å². The average Bonchev–Trinajstić information content (AvgIpc) is 3.16. The van der Waals surface area contributed by atoms with Crippen LogP contribution in [0.25, 0.3) is 0 Å². The van der Waals surface area contributed by atoms with Crippen molar-refractivity contribution in [2.45, 2.75) is 5.03 Å². The Balaban J connectivity index is 1.93. The van der Waals surface area contributed by atoms with Gasteiger partial charge in [0.15, 0.2) is 5.03 Å². The largest absolute Gasteiger partial charge is 0.494 e. The number of hydrogen-bond donors (Lipinski definition) is 2. The van der Waals surface area contributed by atoms with E-state index >= 15 is 0 Å². The number of aromatic nitrogens is 2.